The molecule has 5 atom stereocenters. The summed E-state index contributed by atoms with van der Waals surface area (Å²) in [6.07, 6.45) is 5.19. The van der Waals surface area contributed by atoms with Crippen molar-refractivity contribution in [1.82, 2.24) is 0 Å². The van der Waals surface area contributed by atoms with E-state index in [1.54, 1.807) is 11.3 Å². The van der Waals surface area contributed by atoms with E-state index in [2.05, 4.69) is 112 Å². The van der Waals surface area contributed by atoms with Crippen LogP contribution in [0.5, 0.6) is 0 Å². The first-order valence-electron chi connectivity index (χ1n) is 17.0. The van der Waals surface area contributed by atoms with Gasteiger partial charge in [0.1, 0.15) is 0 Å². The minimum atomic E-state index is -2.86. The maximum Gasteiger partial charge on any atom is 0.303 e. The molecule has 0 bridgehead atoms. The van der Waals surface area contributed by atoms with E-state index >= 15 is 0 Å². The summed E-state index contributed by atoms with van der Waals surface area (Å²) >= 11 is 1.80. The van der Waals surface area contributed by atoms with E-state index in [-0.39, 0.29) is 29.4 Å². The first-order valence-corrected chi connectivity index (χ1v) is 19.7. The largest absolute Gasteiger partial charge is 0.481 e. The normalized spacial score (nSPS) is 21.1. The summed E-state index contributed by atoms with van der Waals surface area (Å²) in [5.41, 5.74) is 0. The monoisotopic (exact) mass is 658 g/mol. The molecule has 5 unspecified atom stereocenters. The molecule has 1 fully saturated rings. The molecule has 5 nitrogen and oxygen atoms in total. The Hall–Kier alpha value is -2.81. The average Bonchev–Trinajstić information content (AvgIpc) is 3.58. The van der Waals surface area contributed by atoms with Gasteiger partial charge in [-0.05, 0) is 76.9 Å². The summed E-state index contributed by atoms with van der Waals surface area (Å²) in [5.74, 6) is -0.720. The summed E-state index contributed by atoms with van der Waals surface area (Å²) in [6.45, 7) is 6.93. The van der Waals surface area contributed by atoms with Crippen molar-refractivity contribution in [2.45, 2.75) is 102 Å². The summed E-state index contributed by atoms with van der Waals surface area (Å²) in [7, 11) is -2.86. The second-order valence-electron chi connectivity index (χ2n) is 14.1. The topological polar surface area (TPSA) is 87.0 Å². The van der Waals surface area contributed by atoms with E-state index in [1.807, 2.05) is 0 Å². The fourth-order valence-electron chi connectivity index (χ4n) is 7.66. The molecule has 3 aromatic carbocycles. The van der Waals surface area contributed by atoms with E-state index in [9.17, 15) is 15.0 Å². The maximum atomic E-state index is 11.2. The number of aliphatic carboxylic acids is 1. The predicted molar refractivity (Wildman–Crippen MR) is 191 cm³/mol. The van der Waals surface area contributed by atoms with Crippen molar-refractivity contribution in [3.05, 3.63) is 95.9 Å². The molecule has 4 aromatic rings. The SMILES string of the molecule is CC(C)(C)[Si](OC(CCC1C(O)CC(O)C1CCCCCCC(=O)O)c1cc2ccccc2s1)(c1ccccc1)c1ccccc1. The molecule has 0 saturated heterocycles. The molecule has 1 aliphatic carbocycles. The molecule has 1 saturated carbocycles. The van der Waals surface area contributed by atoms with E-state index in [0.29, 0.717) is 12.8 Å². The maximum absolute atomic E-state index is 11.2. The number of hydrogen-bond acceptors (Lipinski definition) is 5. The smallest absolute Gasteiger partial charge is 0.303 e. The van der Waals surface area contributed by atoms with E-state index < -0.39 is 26.5 Å². The number of carboxylic acids is 1. The summed E-state index contributed by atoms with van der Waals surface area (Å²) in [4.78, 5) is 12.1. The van der Waals surface area contributed by atoms with Crippen LogP contribution in [0.4, 0.5) is 0 Å². The van der Waals surface area contributed by atoms with Crippen molar-refractivity contribution in [3.63, 3.8) is 0 Å². The van der Waals surface area contributed by atoms with E-state index in [1.165, 1.54) is 25.3 Å². The van der Waals surface area contributed by atoms with Gasteiger partial charge < -0.3 is 19.7 Å². The second-order valence-corrected chi connectivity index (χ2v) is 19.4. The lowest BCUT2D eigenvalue weighted by molar-refractivity contribution is -0.137. The van der Waals surface area contributed by atoms with Crippen LogP contribution in [-0.4, -0.2) is 41.8 Å². The Labute approximate surface area is 279 Å². The Morgan fingerprint density at radius 3 is 1.98 bits per heavy atom. The standard InChI is InChI=1S/C39H50O5SSi/c1-39(2,3)46(29-17-8-6-9-18-29,30-19-10-7-11-20-30)44-35(37-26-28-16-14-15-22-36(28)45-37)25-24-32-31(33(40)27-34(32)41)21-12-4-5-13-23-38(42)43/h6-11,14-20,22,26,31-35,40-41H,4-5,12-13,21,23-25,27H2,1-3H3,(H,42,43). The third-order valence-corrected chi connectivity index (χ3v) is 16.2. The molecule has 1 heterocycles. The number of carboxylic acid groups (broad SMARTS) is 1. The van der Waals surface area contributed by atoms with Gasteiger partial charge in [0.05, 0.1) is 18.3 Å². The Morgan fingerprint density at radius 2 is 1.39 bits per heavy atom. The van der Waals surface area contributed by atoms with Crippen molar-refractivity contribution in [2.75, 3.05) is 0 Å². The number of fused-ring (bicyclic) bond motifs is 1. The van der Waals surface area contributed by atoms with Crippen molar-refractivity contribution in [3.8, 4) is 0 Å². The molecule has 246 valence electrons. The zero-order chi connectivity index (χ0) is 32.7. The molecule has 3 N–H and O–H groups in total. The summed E-state index contributed by atoms with van der Waals surface area (Å²) in [6, 6.07) is 32.3. The minimum Gasteiger partial charge on any atom is -0.481 e. The number of benzene rings is 3. The number of rotatable bonds is 15. The summed E-state index contributed by atoms with van der Waals surface area (Å²) in [5, 5.41) is 34.7. The molecule has 0 spiro atoms. The molecule has 7 heteroatoms. The molecular formula is C39H50O5SSi. The highest BCUT2D eigenvalue weighted by Crippen LogP contribution is 2.45. The van der Waals surface area contributed by atoms with Gasteiger partial charge in [0.25, 0.3) is 8.32 Å². The second kappa shape index (κ2) is 15.4. The number of unbranched alkanes of at least 4 members (excludes halogenated alkanes) is 3. The Kier molecular flexibility index (Phi) is 11.6. The van der Waals surface area contributed by atoms with Crippen LogP contribution in [0.2, 0.25) is 5.04 Å². The third kappa shape index (κ3) is 7.83. The van der Waals surface area contributed by atoms with Crippen molar-refractivity contribution in [1.29, 1.82) is 0 Å². The van der Waals surface area contributed by atoms with Gasteiger partial charge in [-0.1, -0.05) is 119 Å². The average molecular weight is 659 g/mol. The molecule has 1 aliphatic rings. The van der Waals surface area contributed by atoms with Crippen LogP contribution in [0, 0.1) is 11.8 Å². The zero-order valence-electron chi connectivity index (χ0n) is 27.5. The van der Waals surface area contributed by atoms with Gasteiger partial charge in [-0.15, -0.1) is 11.3 Å². The number of aliphatic hydroxyl groups excluding tert-OH is 2. The highest BCUT2D eigenvalue weighted by Gasteiger charge is 2.52. The Morgan fingerprint density at radius 1 is 0.826 bits per heavy atom. The van der Waals surface area contributed by atoms with Crippen LogP contribution < -0.4 is 10.4 Å². The molecule has 46 heavy (non-hydrogen) atoms. The number of aliphatic hydroxyl groups is 2. The van der Waals surface area contributed by atoms with Gasteiger partial charge in [-0.3, -0.25) is 4.79 Å². The van der Waals surface area contributed by atoms with Crippen LogP contribution in [0.1, 0.15) is 89.5 Å². The van der Waals surface area contributed by atoms with Crippen LogP contribution in [0.25, 0.3) is 10.1 Å². The number of hydrogen-bond donors (Lipinski definition) is 3. The Bertz CT molecular complexity index is 1460. The first-order chi connectivity index (χ1) is 22.1. The molecular weight excluding hydrogens is 609 g/mol. The van der Waals surface area contributed by atoms with Crippen molar-refractivity contribution >= 4 is 46.1 Å². The number of thiophene rings is 1. The van der Waals surface area contributed by atoms with Crippen LogP contribution >= 0.6 is 11.3 Å². The molecule has 5 rings (SSSR count). The van der Waals surface area contributed by atoms with Crippen molar-refractivity contribution in [2.24, 2.45) is 11.8 Å². The number of carbonyl (C=O) groups is 1. The molecule has 0 amide bonds. The lowest BCUT2D eigenvalue weighted by atomic mass is 9.84. The molecule has 0 radical (unpaired) electrons. The lowest BCUT2D eigenvalue weighted by Crippen LogP contribution is -2.66. The fraction of sp³-hybridized carbons (Fsp3) is 0.462. The van der Waals surface area contributed by atoms with E-state index in [0.717, 1.165) is 38.5 Å². The van der Waals surface area contributed by atoms with Crippen LogP contribution in [0.3, 0.4) is 0 Å². The molecule has 1 aromatic heterocycles. The van der Waals surface area contributed by atoms with Crippen molar-refractivity contribution < 1.29 is 24.5 Å². The van der Waals surface area contributed by atoms with Gasteiger partial charge >= 0.3 is 5.97 Å². The quantitative estimate of drug-likeness (QED) is 0.0888. The minimum absolute atomic E-state index is 0.00588. The first kappa shape index (κ1) is 34.5. The van der Waals surface area contributed by atoms with Crippen LogP contribution in [-0.2, 0) is 9.22 Å². The lowest BCUT2D eigenvalue weighted by Gasteiger charge is -2.45. The Balaban J connectivity index is 1.46. The highest BCUT2D eigenvalue weighted by atomic mass is 32.1. The fourth-order valence-corrected chi connectivity index (χ4v) is 13.6. The summed E-state index contributed by atoms with van der Waals surface area (Å²) < 4.78 is 8.99. The van der Waals surface area contributed by atoms with Gasteiger partial charge in [0.15, 0.2) is 0 Å². The predicted octanol–water partition coefficient (Wildman–Crippen LogP) is 8.08. The highest BCUT2D eigenvalue weighted by molar-refractivity contribution is 7.19. The van der Waals surface area contributed by atoms with Gasteiger partial charge in [-0.2, -0.15) is 0 Å². The van der Waals surface area contributed by atoms with E-state index in [4.69, 9.17) is 9.53 Å². The van der Waals surface area contributed by atoms with Crippen LogP contribution in [0.15, 0.2) is 91.0 Å². The zero-order valence-corrected chi connectivity index (χ0v) is 29.3. The molecule has 0 aliphatic heterocycles. The van der Waals surface area contributed by atoms with Gasteiger partial charge in [0, 0.05) is 16.0 Å². The third-order valence-electron chi connectivity index (χ3n) is 9.96. The van der Waals surface area contributed by atoms with Gasteiger partial charge in [0.2, 0.25) is 0 Å². The van der Waals surface area contributed by atoms with Gasteiger partial charge in [-0.25, -0.2) is 0 Å².